The van der Waals surface area contributed by atoms with Crippen molar-refractivity contribution in [1.82, 2.24) is 5.32 Å². The fourth-order valence-corrected chi connectivity index (χ4v) is 1.92. The Morgan fingerprint density at radius 2 is 2.00 bits per heavy atom. The van der Waals surface area contributed by atoms with Gasteiger partial charge in [-0.15, -0.1) is 0 Å². The molecule has 1 aliphatic carbocycles. The summed E-state index contributed by atoms with van der Waals surface area (Å²) < 4.78 is 5.14. The highest BCUT2D eigenvalue weighted by molar-refractivity contribution is 5.68. The van der Waals surface area contributed by atoms with Crippen LogP contribution in [0.1, 0.15) is 40.0 Å². The number of aliphatic hydroxyl groups excluding tert-OH is 1. The minimum atomic E-state index is -0.501. The second kappa shape index (κ2) is 5.01. The summed E-state index contributed by atoms with van der Waals surface area (Å²) in [4.78, 5) is 11.5. The van der Waals surface area contributed by atoms with Crippen LogP contribution in [-0.2, 0) is 4.74 Å². The number of carbonyl (C=O) groups excluding carboxylic acids is 1. The smallest absolute Gasteiger partial charge is 0.407 e. The first kappa shape index (κ1) is 13.3. The van der Waals surface area contributed by atoms with E-state index in [9.17, 15) is 9.90 Å². The Morgan fingerprint density at radius 3 is 2.50 bits per heavy atom. The van der Waals surface area contributed by atoms with E-state index in [2.05, 4.69) is 5.32 Å². The van der Waals surface area contributed by atoms with Crippen LogP contribution in [0.2, 0.25) is 0 Å². The molecule has 94 valence electrons. The zero-order valence-corrected chi connectivity index (χ0v) is 10.2. The molecule has 1 saturated carbocycles. The largest absolute Gasteiger partial charge is 0.444 e. The van der Waals surface area contributed by atoms with Crippen molar-refractivity contribution in [1.29, 1.82) is 0 Å². The molecule has 4 N–H and O–H groups in total. The van der Waals surface area contributed by atoms with Gasteiger partial charge in [0.25, 0.3) is 0 Å². The molecule has 0 bridgehead atoms. The highest BCUT2D eigenvalue weighted by Gasteiger charge is 2.28. The van der Waals surface area contributed by atoms with E-state index in [1.807, 2.05) is 20.8 Å². The van der Waals surface area contributed by atoms with Gasteiger partial charge in [-0.25, -0.2) is 4.79 Å². The average molecular weight is 230 g/mol. The van der Waals surface area contributed by atoms with Crippen molar-refractivity contribution >= 4 is 6.09 Å². The molecule has 0 spiro atoms. The molecule has 1 aliphatic rings. The van der Waals surface area contributed by atoms with E-state index < -0.39 is 17.8 Å². The summed E-state index contributed by atoms with van der Waals surface area (Å²) in [6, 6.07) is -0.141. The van der Waals surface area contributed by atoms with Gasteiger partial charge in [0, 0.05) is 12.1 Å². The number of carbonyl (C=O) groups is 1. The molecule has 0 radical (unpaired) electrons. The van der Waals surface area contributed by atoms with Crippen LogP contribution >= 0.6 is 0 Å². The zero-order valence-electron chi connectivity index (χ0n) is 10.2. The molecule has 0 aromatic rings. The molecule has 1 rings (SSSR count). The van der Waals surface area contributed by atoms with E-state index in [1.54, 1.807) is 0 Å². The normalized spacial score (nSPS) is 30.9. The van der Waals surface area contributed by atoms with Gasteiger partial charge in [0.05, 0.1) is 6.10 Å². The predicted molar refractivity (Wildman–Crippen MR) is 61.0 cm³/mol. The minimum Gasteiger partial charge on any atom is -0.444 e. The molecular weight excluding hydrogens is 208 g/mol. The number of amides is 1. The molecule has 3 unspecified atom stereocenters. The summed E-state index contributed by atoms with van der Waals surface area (Å²) in [6.45, 7) is 5.44. The number of ether oxygens (including phenoxy) is 1. The molecule has 1 fully saturated rings. The maximum atomic E-state index is 11.5. The Morgan fingerprint density at radius 1 is 1.38 bits per heavy atom. The number of alkyl carbamates (subject to hydrolysis) is 1. The number of nitrogens with two attached hydrogens (primary N) is 1. The first-order chi connectivity index (χ1) is 7.26. The second-order valence-corrected chi connectivity index (χ2v) is 5.46. The van der Waals surface area contributed by atoms with Crippen molar-refractivity contribution in [3.63, 3.8) is 0 Å². The van der Waals surface area contributed by atoms with Crippen molar-refractivity contribution in [2.75, 3.05) is 0 Å². The van der Waals surface area contributed by atoms with Crippen LogP contribution in [0, 0.1) is 0 Å². The van der Waals surface area contributed by atoms with Crippen molar-refractivity contribution < 1.29 is 14.6 Å². The average Bonchev–Trinajstić information content (AvgIpc) is 1.96. The summed E-state index contributed by atoms with van der Waals surface area (Å²) in [5.74, 6) is 0. The van der Waals surface area contributed by atoms with E-state index in [1.165, 1.54) is 0 Å². The molecule has 0 saturated heterocycles. The lowest BCUT2D eigenvalue weighted by atomic mass is 9.89. The van der Waals surface area contributed by atoms with Crippen molar-refractivity contribution in [2.24, 2.45) is 5.73 Å². The molecule has 0 heterocycles. The van der Waals surface area contributed by atoms with Crippen LogP contribution in [0.15, 0.2) is 0 Å². The number of hydrogen-bond donors (Lipinski definition) is 3. The molecular formula is C11H22N2O3. The Balaban J connectivity index is 2.39. The van der Waals surface area contributed by atoms with Gasteiger partial charge < -0.3 is 20.9 Å². The summed E-state index contributed by atoms with van der Waals surface area (Å²) >= 11 is 0. The second-order valence-electron chi connectivity index (χ2n) is 5.46. The maximum absolute atomic E-state index is 11.5. The third kappa shape index (κ3) is 4.81. The monoisotopic (exact) mass is 230 g/mol. The SMILES string of the molecule is CC(C)(C)OC(=O)NC1CC(N)CC(O)C1. The molecule has 1 amide bonds. The predicted octanol–water partition coefficient (Wildman–Crippen LogP) is 0.752. The fourth-order valence-electron chi connectivity index (χ4n) is 1.92. The molecule has 5 nitrogen and oxygen atoms in total. The van der Waals surface area contributed by atoms with Crippen LogP contribution in [0.5, 0.6) is 0 Å². The highest BCUT2D eigenvalue weighted by atomic mass is 16.6. The minimum absolute atomic E-state index is 0.0521. The van der Waals surface area contributed by atoms with Crippen molar-refractivity contribution in [3.05, 3.63) is 0 Å². The first-order valence-corrected chi connectivity index (χ1v) is 5.69. The van der Waals surface area contributed by atoms with Gasteiger partial charge in [-0.3, -0.25) is 0 Å². The van der Waals surface area contributed by atoms with Gasteiger partial charge in [0.15, 0.2) is 0 Å². The Labute approximate surface area is 96.3 Å². The maximum Gasteiger partial charge on any atom is 0.407 e. The topological polar surface area (TPSA) is 84.6 Å². The fraction of sp³-hybridized carbons (Fsp3) is 0.909. The molecule has 0 aliphatic heterocycles. The van der Waals surface area contributed by atoms with E-state index in [4.69, 9.17) is 10.5 Å². The van der Waals surface area contributed by atoms with Crippen LogP contribution < -0.4 is 11.1 Å². The number of nitrogens with one attached hydrogen (secondary N) is 1. The number of hydrogen-bond acceptors (Lipinski definition) is 4. The van der Waals surface area contributed by atoms with Gasteiger partial charge in [0.2, 0.25) is 0 Å². The Hall–Kier alpha value is -0.810. The number of aliphatic hydroxyl groups is 1. The Bertz CT molecular complexity index is 240. The molecule has 16 heavy (non-hydrogen) atoms. The summed E-state index contributed by atoms with van der Waals surface area (Å²) in [5, 5.41) is 12.3. The van der Waals surface area contributed by atoms with E-state index in [0.29, 0.717) is 19.3 Å². The van der Waals surface area contributed by atoms with Gasteiger partial charge >= 0.3 is 6.09 Å². The highest BCUT2D eigenvalue weighted by Crippen LogP contribution is 2.18. The van der Waals surface area contributed by atoms with E-state index >= 15 is 0 Å². The third-order valence-corrected chi connectivity index (χ3v) is 2.44. The third-order valence-electron chi connectivity index (χ3n) is 2.44. The van der Waals surface area contributed by atoms with Gasteiger partial charge in [0.1, 0.15) is 5.60 Å². The summed E-state index contributed by atoms with van der Waals surface area (Å²) in [6.07, 6.45) is 0.970. The lowest BCUT2D eigenvalue weighted by Crippen LogP contribution is -2.47. The van der Waals surface area contributed by atoms with Gasteiger partial charge in [-0.2, -0.15) is 0 Å². The summed E-state index contributed by atoms with van der Waals surface area (Å²) in [7, 11) is 0. The van der Waals surface area contributed by atoms with E-state index in [-0.39, 0.29) is 12.1 Å². The first-order valence-electron chi connectivity index (χ1n) is 5.69. The van der Waals surface area contributed by atoms with Crippen LogP contribution in [-0.4, -0.2) is 35.0 Å². The number of rotatable bonds is 1. The molecule has 3 atom stereocenters. The van der Waals surface area contributed by atoms with Crippen LogP contribution in [0.4, 0.5) is 4.79 Å². The van der Waals surface area contributed by atoms with Gasteiger partial charge in [-0.1, -0.05) is 0 Å². The molecule has 0 aromatic heterocycles. The van der Waals surface area contributed by atoms with E-state index in [0.717, 1.165) is 0 Å². The standard InChI is InChI=1S/C11H22N2O3/c1-11(2,3)16-10(15)13-8-4-7(12)5-9(14)6-8/h7-9,14H,4-6,12H2,1-3H3,(H,13,15). The van der Waals surface area contributed by atoms with Crippen LogP contribution in [0.25, 0.3) is 0 Å². The van der Waals surface area contributed by atoms with Crippen molar-refractivity contribution in [2.45, 2.75) is 63.8 Å². The van der Waals surface area contributed by atoms with Crippen LogP contribution in [0.3, 0.4) is 0 Å². The summed E-state index contributed by atoms with van der Waals surface area (Å²) in [5.41, 5.74) is 5.27. The molecule has 5 heteroatoms. The van der Waals surface area contributed by atoms with Crippen molar-refractivity contribution in [3.8, 4) is 0 Å². The quantitative estimate of drug-likeness (QED) is 0.620. The Kier molecular flexibility index (Phi) is 4.15. The molecule has 0 aromatic carbocycles. The van der Waals surface area contributed by atoms with Gasteiger partial charge in [-0.05, 0) is 40.0 Å². The zero-order chi connectivity index (χ0) is 12.3. The lowest BCUT2D eigenvalue weighted by molar-refractivity contribution is 0.0439. The lowest BCUT2D eigenvalue weighted by Gasteiger charge is -2.31.